The Morgan fingerprint density at radius 3 is 2.32 bits per heavy atom. The van der Waals surface area contributed by atoms with Crippen LogP contribution in [0.4, 0.5) is 4.39 Å². The normalized spacial score (nSPS) is 16.1. The second-order valence-electron chi connectivity index (χ2n) is 6.81. The number of benzene rings is 1. The Balaban J connectivity index is 1.72. The average Bonchev–Trinajstić information content (AvgIpc) is 2.66. The average molecular weight is 421 g/mol. The molecule has 2 heterocycles. The zero-order chi connectivity index (χ0) is 20.5. The third kappa shape index (κ3) is 4.00. The van der Waals surface area contributed by atoms with E-state index < -0.39 is 15.8 Å². The van der Waals surface area contributed by atoms with E-state index >= 15 is 0 Å². The molecule has 1 saturated heterocycles. The molecule has 0 saturated carbocycles. The molecule has 0 unspecified atom stereocenters. The number of aromatic nitrogens is 1. The molecule has 1 aromatic heterocycles. The molecule has 3 rings (SSSR count). The van der Waals surface area contributed by atoms with E-state index in [1.165, 1.54) is 16.4 Å². The first-order chi connectivity index (χ1) is 13.2. The number of piperazine rings is 1. The first-order valence-corrected chi connectivity index (χ1v) is 10.7. The maximum absolute atomic E-state index is 13.1. The van der Waals surface area contributed by atoms with Gasteiger partial charge in [0, 0.05) is 31.9 Å². The van der Waals surface area contributed by atoms with E-state index in [0.29, 0.717) is 43.1 Å². The lowest BCUT2D eigenvalue weighted by Gasteiger charge is -2.34. The SMILES string of the molecule is Cc1cc(C)n(CN2CCN(S(=O)(=O)c3ccc(F)cc3)CC2)c(=S)c1C#N. The van der Waals surface area contributed by atoms with Crippen LogP contribution in [0.15, 0.2) is 35.2 Å². The molecule has 9 heteroatoms. The van der Waals surface area contributed by atoms with E-state index in [9.17, 15) is 18.1 Å². The Bertz CT molecular complexity index is 1080. The van der Waals surface area contributed by atoms with Crippen LogP contribution in [0.2, 0.25) is 0 Å². The molecule has 1 fully saturated rings. The molecule has 0 N–H and O–H groups in total. The quantitative estimate of drug-likeness (QED) is 0.712. The van der Waals surface area contributed by atoms with E-state index in [4.69, 9.17) is 12.2 Å². The minimum absolute atomic E-state index is 0.0950. The molecular weight excluding hydrogens is 399 g/mol. The number of pyridine rings is 1. The summed E-state index contributed by atoms with van der Waals surface area (Å²) in [5.74, 6) is -0.467. The van der Waals surface area contributed by atoms with Gasteiger partial charge >= 0.3 is 0 Å². The molecule has 0 radical (unpaired) electrons. The minimum Gasteiger partial charge on any atom is -0.322 e. The Hall–Kier alpha value is -2.12. The Morgan fingerprint density at radius 1 is 1.14 bits per heavy atom. The van der Waals surface area contributed by atoms with E-state index in [0.717, 1.165) is 23.4 Å². The first-order valence-electron chi connectivity index (χ1n) is 8.83. The number of hydrogen-bond donors (Lipinski definition) is 0. The summed E-state index contributed by atoms with van der Waals surface area (Å²) in [6.45, 7) is 6.06. The Morgan fingerprint density at radius 2 is 1.75 bits per heavy atom. The summed E-state index contributed by atoms with van der Waals surface area (Å²) < 4.78 is 42.3. The van der Waals surface area contributed by atoms with Crippen molar-refractivity contribution in [2.45, 2.75) is 25.4 Å². The lowest BCUT2D eigenvalue weighted by Crippen LogP contribution is -2.49. The van der Waals surface area contributed by atoms with Crippen LogP contribution in [0, 0.1) is 35.6 Å². The summed E-state index contributed by atoms with van der Waals surface area (Å²) in [4.78, 5) is 2.20. The summed E-state index contributed by atoms with van der Waals surface area (Å²) in [5.41, 5.74) is 2.32. The van der Waals surface area contributed by atoms with Crippen molar-refractivity contribution in [3.05, 3.63) is 57.6 Å². The van der Waals surface area contributed by atoms with Gasteiger partial charge in [-0.3, -0.25) is 4.90 Å². The molecular formula is C19H21FN4O2S2. The predicted molar refractivity (Wildman–Crippen MR) is 106 cm³/mol. The molecule has 0 aliphatic carbocycles. The van der Waals surface area contributed by atoms with Gasteiger partial charge in [-0.1, -0.05) is 12.2 Å². The maximum atomic E-state index is 13.1. The van der Waals surface area contributed by atoms with Gasteiger partial charge in [-0.05, 0) is 49.7 Å². The van der Waals surface area contributed by atoms with Crippen LogP contribution in [0.1, 0.15) is 16.8 Å². The highest BCUT2D eigenvalue weighted by molar-refractivity contribution is 7.89. The number of sulfonamides is 1. The van der Waals surface area contributed by atoms with Gasteiger partial charge in [0.2, 0.25) is 10.0 Å². The Labute approximate surface area is 169 Å². The lowest BCUT2D eigenvalue weighted by molar-refractivity contribution is 0.150. The smallest absolute Gasteiger partial charge is 0.243 e. The molecule has 0 atom stereocenters. The standard InChI is InChI=1S/C19H21FN4O2S2/c1-14-11-15(2)24(19(27)18(14)12-21)13-22-7-9-23(10-8-22)28(25,26)17-5-3-16(20)4-6-17/h3-6,11H,7-10,13H2,1-2H3. The van der Waals surface area contributed by atoms with Gasteiger partial charge in [-0.15, -0.1) is 0 Å². The van der Waals surface area contributed by atoms with E-state index in [2.05, 4.69) is 11.0 Å². The third-order valence-corrected chi connectivity index (χ3v) is 7.28. The van der Waals surface area contributed by atoms with Crippen molar-refractivity contribution in [2.24, 2.45) is 0 Å². The van der Waals surface area contributed by atoms with Gasteiger partial charge in [0.05, 0.1) is 17.1 Å². The fourth-order valence-electron chi connectivity index (χ4n) is 3.31. The third-order valence-electron chi connectivity index (χ3n) is 4.94. The molecule has 0 bridgehead atoms. The van der Waals surface area contributed by atoms with Gasteiger partial charge in [0.15, 0.2) is 0 Å². The zero-order valence-corrected chi connectivity index (χ0v) is 17.4. The fraction of sp³-hybridized carbons (Fsp3) is 0.368. The molecule has 2 aromatic rings. The fourth-order valence-corrected chi connectivity index (χ4v) is 5.14. The summed E-state index contributed by atoms with van der Waals surface area (Å²) in [7, 11) is -3.64. The topological polar surface area (TPSA) is 69.3 Å². The number of hydrogen-bond acceptors (Lipinski definition) is 5. The van der Waals surface area contributed by atoms with E-state index in [1.54, 1.807) is 0 Å². The molecule has 6 nitrogen and oxygen atoms in total. The van der Waals surface area contributed by atoms with Crippen LogP contribution < -0.4 is 0 Å². The van der Waals surface area contributed by atoms with Crippen molar-refractivity contribution in [2.75, 3.05) is 26.2 Å². The van der Waals surface area contributed by atoms with Crippen molar-refractivity contribution >= 4 is 22.2 Å². The van der Waals surface area contributed by atoms with E-state index in [-0.39, 0.29) is 4.90 Å². The first kappa shape index (κ1) is 20.6. The van der Waals surface area contributed by atoms with Gasteiger partial charge in [-0.25, -0.2) is 12.8 Å². The van der Waals surface area contributed by atoms with Crippen LogP contribution >= 0.6 is 12.2 Å². The van der Waals surface area contributed by atoms with Crippen LogP contribution in [-0.4, -0.2) is 48.4 Å². The summed E-state index contributed by atoms with van der Waals surface area (Å²) in [6, 6.07) is 8.97. The predicted octanol–water partition coefficient (Wildman–Crippen LogP) is 2.81. The van der Waals surface area contributed by atoms with Crippen molar-refractivity contribution in [3.8, 4) is 6.07 Å². The summed E-state index contributed by atoms with van der Waals surface area (Å²) in [6.07, 6.45) is 0. The highest BCUT2D eigenvalue weighted by Gasteiger charge is 2.28. The van der Waals surface area contributed by atoms with Crippen molar-refractivity contribution < 1.29 is 12.8 Å². The number of halogens is 1. The lowest BCUT2D eigenvalue weighted by atomic mass is 10.1. The second-order valence-corrected chi connectivity index (χ2v) is 9.13. The van der Waals surface area contributed by atoms with Gasteiger partial charge in [-0.2, -0.15) is 9.57 Å². The summed E-state index contributed by atoms with van der Waals surface area (Å²) >= 11 is 5.47. The van der Waals surface area contributed by atoms with Gasteiger partial charge < -0.3 is 4.57 Å². The van der Waals surface area contributed by atoms with Crippen LogP contribution in [0.3, 0.4) is 0 Å². The highest BCUT2D eigenvalue weighted by atomic mass is 32.2. The van der Waals surface area contributed by atoms with Crippen molar-refractivity contribution in [3.63, 3.8) is 0 Å². The van der Waals surface area contributed by atoms with Crippen molar-refractivity contribution in [1.82, 2.24) is 13.8 Å². The summed E-state index contributed by atoms with van der Waals surface area (Å²) in [5, 5.41) is 9.33. The number of aryl methyl sites for hydroxylation is 2. The molecule has 1 aliphatic rings. The number of nitriles is 1. The second kappa shape index (κ2) is 8.09. The van der Waals surface area contributed by atoms with E-state index in [1.807, 2.05) is 24.5 Å². The molecule has 0 spiro atoms. The zero-order valence-electron chi connectivity index (χ0n) is 15.7. The van der Waals surface area contributed by atoms with Gasteiger partial charge in [0.25, 0.3) is 0 Å². The van der Waals surface area contributed by atoms with Crippen LogP contribution in [0.25, 0.3) is 0 Å². The molecule has 1 aliphatic heterocycles. The Kier molecular flexibility index (Phi) is 5.95. The number of rotatable bonds is 4. The molecule has 0 amide bonds. The monoisotopic (exact) mass is 420 g/mol. The van der Waals surface area contributed by atoms with Crippen molar-refractivity contribution in [1.29, 1.82) is 5.26 Å². The highest BCUT2D eigenvalue weighted by Crippen LogP contribution is 2.19. The molecule has 1 aromatic carbocycles. The minimum atomic E-state index is -3.64. The largest absolute Gasteiger partial charge is 0.322 e. The van der Waals surface area contributed by atoms with Gasteiger partial charge in [0.1, 0.15) is 16.5 Å². The maximum Gasteiger partial charge on any atom is 0.243 e. The van der Waals surface area contributed by atoms with Crippen LogP contribution in [-0.2, 0) is 16.7 Å². The molecule has 148 valence electrons. The van der Waals surface area contributed by atoms with Crippen LogP contribution in [0.5, 0.6) is 0 Å². The number of nitrogens with zero attached hydrogens (tertiary/aromatic N) is 4. The molecule has 28 heavy (non-hydrogen) atoms.